The van der Waals surface area contributed by atoms with Crippen molar-refractivity contribution >= 4 is 46.3 Å². The Balaban J connectivity index is 1.81. The summed E-state index contributed by atoms with van der Waals surface area (Å²) < 4.78 is 10.1. The SMILES string of the molecule is COc1ccc(NC(=O)[C@H](C)OC(=O)CCC(=O)c2ccc(C)s2)cc1Cl. The molecule has 0 aliphatic carbocycles. The normalized spacial score (nSPS) is 11.6. The largest absolute Gasteiger partial charge is 0.495 e. The molecule has 0 unspecified atom stereocenters. The van der Waals surface area contributed by atoms with Crippen LogP contribution in [0, 0.1) is 6.92 Å². The first kappa shape index (κ1) is 20.9. The predicted octanol–water partition coefficient (Wildman–Crippen LogP) is 4.25. The fourth-order valence-electron chi connectivity index (χ4n) is 2.22. The Kier molecular flexibility index (Phi) is 7.38. The van der Waals surface area contributed by atoms with Crippen LogP contribution in [-0.4, -0.2) is 30.9 Å². The van der Waals surface area contributed by atoms with Gasteiger partial charge in [0.05, 0.1) is 23.4 Å². The lowest BCUT2D eigenvalue weighted by Crippen LogP contribution is -2.30. The molecule has 0 spiro atoms. The van der Waals surface area contributed by atoms with Crippen molar-refractivity contribution in [3.8, 4) is 5.75 Å². The molecule has 1 N–H and O–H groups in total. The molecule has 8 heteroatoms. The number of anilines is 1. The molecule has 0 bridgehead atoms. The van der Waals surface area contributed by atoms with Gasteiger partial charge < -0.3 is 14.8 Å². The third kappa shape index (κ3) is 6.08. The van der Waals surface area contributed by atoms with Crippen molar-refractivity contribution in [2.45, 2.75) is 32.8 Å². The van der Waals surface area contributed by atoms with Gasteiger partial charge in [-0.3, -0.25) is 14.4 Å². The summed E-state index contributed by atoms with van der Waals surface area (Å²) in [5, 5.41) is 2.96. The summed E-state index contributed by atoms with van der Waals surface area (Å²) in [6.45, 7) is 3.37. The number of halogens is 1. The van der Waals surface area contributed by atoms with E-state index in [-0.39, 0.29) is 18.6 Å². The number of amides is 1. The van der Waals surface area contributed by atoms with Gasteiger partial charge in [-0.1, -0.05) is 11.6 Å². The lowest BCUT2D eigenvalue weighted by atomic mass is 10.2. The van der Waals surface area contributed by atoms with Crippen LogP contribution in [0.25, 0.3) is 0 Å². The smallest absolute Gasteiger partial charge is 0.307 e. The minimum absolute atomic E-state index is 0.0429. The van der Waals surface area contributed by atoms with Gasteiger partial charge in [0.2, 0.25) is 0 Å². The van der Waals surface area contributed by atoms with E-state index in [4.69, 9.17) is 21.1 Å². The van der Waals surface area contributed by atoms with Crippen LogP contribution in [-0.2, 0) is 14.3 Å². The fraction of sp³-hybridized carbons (Fsp3) is 0.316. The van der Waals surface area contributed by atoms with Crippen molar-refractivity contribution in [1.29, 1.82) is 0 Å². The predicted molar refractivity (Wildman–Crippen MR) is 105 cm³/mol. The molecule has 6 nitrogen and oxygen atoms in total. The zero-order chi connectivity index (χ0) is 20.0. The highest BCUT2D eigenvalue weighted by molar-refractivity contribution is 7.14. The van der Waals surface area contributed by atoms with Crippen LogP contribution >= 0.6 is 22.9 Å². The summed E-state index contributed by atoms with van der Waals surface area (Å²) in [6, 6.07) is 8.37. The number of thiophene rings is 1. The van der Waals surface area contributed by atoms with Gasteiger partial charge >= 0.3 is 5.97 Å². The van der Waals surface area contributed by atoms with E-state index < -0.39 is 18.0 Å². The Bertz CT molecular complexity index is 848. The lowest BCUT2D eigenvalue weighted by molar-refractivity contribution is -0.153. The molecule has 1 amide bonds. The molecule has 0 aliphatic heterocycles. The van der Waals surface area contributed by atoms with E-state index in [9.17, 15) is 14.4 Å². The van der Waals surface area contributed by atoms with Gasteiger partial charge in [-0.05, 0) is 44.2 Å². The highest BCUT2D eigenvalue weighted by Crippen LogP contribution is 2.27. The third-order valence-corrected chi connectivity index (χ3v) is 5.01. The summed E-state index contributed by atoms with van der Waals surface area (Å²) in [6.07, 6.45) is -1.04. The van der Waals surface area contributed by atoms with Crippen LogP contribution in [0.15, 0.2) is 30.3 Å². The van der Waals surface area contributed by atoms with E-state index in [2.05, 4.69) is 5.32 Å². The molecule has 27 heavy (non-hydrogen) atoms. The third-order valence-electron chi connectivity index (χ3n) is 3.67. The van der Waals surface area contributed by atoms with Crippen molar-refractivity contribution in [1.82, 2.24) is 0 Å². The molecular formula is C19H20ClNO5S. The molecule has 0 aliphatic rings. The number of hydrogen-bond acceptors (Lipinski definition) is 6. The first-order valence-corrected chi connectivity index (χ1v) is 9.43. The minimum Gasteiger partial charge on any atom is -0.495 e. The number of carbonyl (C=O) groups is 3. The summed E-state index contributed by atoms with van der Waals surface area (Å²) in [5.74, 6) is -0.730. The van der Waals surface area contributed by atoms with Crippen molar-refractivity contribution in [2.75, 3.05) is 12.4 Å². The van der Waals surface area contributed by atoms with E-state index in [1.807, 2.05) is 13.0 Å². The van der Waals surface area contributed by atoms with Gasteiger partial charge in [0.25, 0.3) is 5.91 Å². The highest BCUT2D eigenvalue weighted by Gasteiger charge is 2.19. The molecule has 1 aromatic carbocycles. The van der Waals surface area contributed by atoms with Gasteiger partial charge in [-0.2, -0.15) is 0 Å². The van der Waals surface area contributed by atoms with Crippen LogP contribution < -0.4 is 10.1 Å². The Morgan fingerprint density at radius 3 is 2.52 bits per heavy atom. The summed E-state index contributed by atoms with van der Waals surface area (Å²) >= 11 is 7.39. The van der Waals surface area contributed by atoms with Gasteiger partial charge in [-0.15, -0.1) is 11.3 Å². The average molecular weight is 410 g/mol. The molecule has 1 atom stereocenters. The van der Waals surface area contributed by atoms with Crippen LogP contribution in [0.1, 0.15) is 34.3 Å². The Morgan fingerprint density at radius 2 is 1.93 bits per heavy atom. The molecule has 0 radical (unpaired) electrons. The van der Waals surface area contributed by atoms with Gasteiger partial charge in [0, 0.05) is 17.0 Å². The zero-order valence-electron chi connectivity index (χ0n) is 15.2. The number of ether oxygens (including phenoxy) is 2. The number of carbonyl (C=O) groups excluding carboxylic acids is 3. The zero-order valence-corrected chi connectivity index (χ0v) is 16.8. The Morgan fingerprint density at radius 1 is 1.19 bits per heavy atom. The lowest BCUT2D eigenvalue weighted by Gasteiger charge is -2.14. The number of esters is 1. The van der Waals surface area contributed by atoms with Gasteiger partial charge in [0.1, 0.15) is 5.75 Å². The first-order valence-electron chi connectivity index (χ1n) is 8.23. The quantitative estimate of drug-likeness (QED) is 0.520. The number of aryl methyl sites for hydroxylation is 1. The van der Waals surface area contributed by atoms with Crippen LogP contribution in [0.4, 0.5) is 5.69 Å². The number of ketones is 1. The fourth-order valence-corrected chi connectivity index (χ4v) is 3.31. The van der Waals surface area contributed by atoms with Crippen molar-refractivity contribution in [2.24, 2.45) is 0 Å². The molecule has 0 saturated heterocycles. The van der Waals surface area contributed by atoms with Crippen molar-refractivity contribution in [3.05, 3.63) is 45.1 Å². The molecule has 2 aromatic rings. The average Bonchev–Trinajstić information content (AvgIpc) is 3.06. The van der Waals surface area contributed by atoms with E-state index >= 15 is 0 Å². The number of rotatable bonds is 8. The van der Waals surface area contributed by atoms with Crippen molar-refractivity contribution in [3.63, 3.8) is 0 Å². The number of nitrogens with one attached hydrogen (secondary N) is 1. The van der Waals surface area contributed by atoms with E-state index in [0.29, 0.717) is 21.3 Å². The molecule has 0 fully saturated rings. The second-order valence-corrected chi connectivity index (χ2v) is 7.50. The number of benzene rings is 1. The van der Waals surface area contributed by atoms with Crippen LogP contribution in [0.3, 0.4) is 0 Å². The Labute approximate surface area is 166 Å². The second-order valence-electron chi connectivity index (χ2n) is 5.80. The van der Waals surface area contributed by atoms with Crippen LogP contribution in [0.2, 0.25) is 5.02 Å². The highest BCUT2D eigenvalue weighted by atomic mass is 35.5. The number of Topliss-reactive ketones (excluding diaryl/α,β-unsaturated/α-hetero) is 1. The van der Waals surface area contributed by atoms with E-state index in [0.717, 1.165) is 4.88 Å². The molecule has 1 heterocycles. The maximum absolute atomic E-state index is 12.1. The maximum Gasteiger partial charge on any atom is 0.307 e. The molecule has 2 rings (SSSR count). The first-order chi connectivity index (χ1) is 12.8. The number of hydrogen-bond donors (Lipinski definition) is 1. The molecule has 0 saturated carbocycles. The second kappa shape index (κ2) is 9.53. The monoisotopic (exact) mass is 409 g/mol. The van der Waals surface area contributed by atoms with E-state index in [1.54, 1.807) is 18.2 Å². The number of methoxy groups -OCH3 is 1. The minimum atomic E-state index is -1.00. The van der Waals surface area contributed by atoms with Crippen LogP contribution in [0.5, 0.6) is 5.75 Å². The molecule has 144 valence electrons. The Hall–Kier alpha value is -2.38. The maximum atomic E-state index is 12.1. The van der Waals surface area contributed by atoms with E-state index in [1.165, 1.54) is 31.4 Å². The standard InChI is InChI=1S/C19H20ClNO5S/c1-11-4-8-17(27-11)15(22)6-9-18(23)26-12(2)19(24)21-13-5-7-16(25-3)14(20)10-13/h4-5,7-8,10,12H,6,9H2,1-3H3,(H,21,24)/t12-/m0/s1. The topological polar surface area (TPSA) is 81.7 Å². The summed E-state index contributed by atoms with van der Waals surface area (Å²) in [7, 11) is 1.49. The van der Waals surface area contributed by atoms with Gasteiger partial charge in [-0.25, -0.2) is 0 Å². The van der Waals surface area contributed by atoms with Crippen molar-refractivity contribution < 1.29 is 23.9 Å². The van der Waals surface area contributed by atoms with Gasteiger partial charge in [0.15, 0.2) is 11.9 Å². The summed E-state index contributed by atoms with van der Waals surface area (Å²) in [4.78, 5) is 37.7. The summed E-state index contributed by atoms with van der Waals surface area (Å²) in [5.41, 5.74) is 0.456. The molecular weight excluding hydrogens is 390 g/mol. The molecule has 1 aromatic heterocycles.